The molecule has 0 unspecified atom stereocenters. The number of halogens is 7. The van der Waals surface area contributed by atoms with E-state index >= 15 is 0 Å². The molecule has 0 radical (unpaired) electrons. The molecule has 0 spiro atoms. The molecule has 0 saturated carbocycles. The lowest BCUT2D eigenvalue weighted by molar-refractivity contribution is -0.142. The third-order valence-corrected chi connectivity index (χ3v) is 3.87. The molecule has 5 nitrogen and oxygen atoms in total. The molecule has 3 aromatic rings. The number of hydrogen-bond acceptors (Lipinski definition) is 4. The van der Waals surface area contributed by atoms with Crippen LogP contribution in [0.4, 0.5) is 26.3 Å². The second kappa shape index (κ2) is 7.39. The third kappa shape index (κ3) is 4.50. The van der Waals surface area contributed by atoms with Gasteiger partial charge in [0.25, 0.3) is 5.56 Å². The average molecular weight is 436 g/mol. The van der Waals surface area contributed by atoms with Crippen LogP contribution in [0.25, 0.3) is 11.4 Å². The van der Waals surface area contributed by atoms with Crippen molar-refractivity contribution in [2.24, 2.45) is 0 Å². The van der Waals surface area contributed by atoms with Crippen LogP contribution in [0.1, 0.15) is 11.3 Å². The molecule has 152 valence electrons. The van der Waals surface area contributed by atoms with E-state index in [4.69, 9.17) is 16.3 Å². The number of nitrogens with one attached hydrogen (secondary N) is 1. The Balaban J connectivity index is 2.12. The molecule has 0 amide bonds. The summed E-state index contributed by atoms with van der Waals surface area (Å²) in [6.45, 7) is 0. The van der Waals surface area contributed by atoms with Gasteiger partial charge >= 0.3 is 12.4 Å². The van der Waals surface area contributed by atoms with Gasteiger partial charge in [0.15, 0.2) is 5.69 Å². The fourth-order valence-electron chi connectivity index (χ4n) is 2.29. The van der Waals surface area contributed by atoms with Crippen LogP contribution < -0.4 is 10.3 Å². The van der Waals surface area contributed by atoms with E-state index in [2.05, 4.69) is 15.0 Å². The molecule has 0 aliphatic carbocycles. The monoisotopic (exact) mass is 435 g/mol. The van der Waals surface area contributed by atoms with Gasteiger partial charge in [-0.3, -0.25) is 9.78 Å². The molecule has 0 saturated heterocycles. The second-order valence-corrected chi connectivity index (χ2v) is 5.98. The van der Waals surface area contributed by atoms with Gasteiger partial charge in [0.1, 0.15) is 11.6 Å². The summed E-state index contributed by atoms with van der Waals surface area (Å²) >= 11 is 5.47. The number of ether oxygens (including phenoxy) is 1. The Morgan fingerprint density at radius 1 is 1.03 bits per heavy atom. The van der Waals surface area contributed by atoms with Crippen LogP contribution in [0, 0.1) is 0 Å². The molecule has 2 aromatic heterocycles. The van der Waals surface area contributed by atoms with Crippen molar-refractivity contribution in [3.8, 4) is 22.9 Å². The molecule has 12 heteroatoms. The van der Waals surface area contributed by atoms with E-state index in [0.29, 0.717) is 6.07 Å². The van der Waals surface area contributed by atoms with Crippen molar-refractivity contribution >= 4 is 11.6 Å². The largest absolute Gasteiger partial charge is 0.449 e. The Morgan fingerprint density at radius 2 is 1.76 bits per heavy atom. The average Bonchev–Trinajstić information content (AvgIpc) is 2.63. The Kier molecular flexibility index (Phi) is 5.26. The molecule has 0 bridgehead atoms. The maximum atomic E-state index is 13.4. The van der Waals surface area contributed by atoms with Gasteiger partial charge in [-0.15, -0.1) is 0 Å². The van der Waals surface area contributed by atoms with E-state index in [1.54, 1.807) is 0 Å². The van der Waals surface area contributed by atoms with Gasteiger partial charge < -0.3 is 9.72 Å². The molecular formula is C17H8ClF6N3O2. The molecule has 0 atom stereocenters. The minimum Gasteiger partial charge on any atom is -0.449 e. The van der Waals surface area contributed by atoms with Gasteiger partial charge in [-0.25, -0.2) is 4.98 Å². The van der Waals surface area contributed by atoms with Crippen LogP contribution in [-0.4, -0.2) is 15.0 Å². The zero-order valence-electron chi connectivity index (χ0n) is 13.9. The van der Waals surface area contributed by atoms with Gasteiger partial charge in [-0.2, -0.15) is 26.3 Å². The van der Waals surface area contributed by atoms with E-state index in [9.17, 15) is 31.1 Å². The van der Waals surface area contributed by atoms with Crippen molar-refractivity contribution in [2.75, 3.05) is 0 Å². The topological polar surface area (TPSA) is 67.9 Å². The Bertz CT molecular complexity index is 1100. The number of H-pyrrole nitrogens is 1. The van der Waals surface area contributed by atoms with Crippen LogP contribution >= 0.6 is 11.6 Å². The standard InChI is InChI=1S/C17H8ClF6N3O2/c18-11-4-3-9(6-10(11)16(19,20)21)29-12-13(17(22,23)24)26-14(27-15(12)28)8-2-1-5-25-7-8/h1-7H,(H,26,27,28). The highest BCUT2D eigenvalue weighted by molar-refractivity contribution is 6.31. The van der Waals surface area contributed by atoms with Crippen molar-refractivity contribution in [3.05, 3.63) is 69.4 Å². The first-order chi connectivity index (χ1) is 13.5. The summed E-state index contributed by atoms with van der Waals surface area (Å²) in [7, 11) is 0. The highest BCUT2D eigenvalue weighted by atomic mass is 35.5. The molecule has 0 aliphatic rings. The van der Waals surface area contributed by atoms with Crippen LogP contribution in [0.3, 0.4) is 0 Å². The maximum absolute atomic E-state index is 13.4. The number of benzene rings is 1. The molecule has 0 fully saturated rings. The van der Waals surface area contributed by atoms with Crippen LogP contribution in [0.5, 0.6) is 11.5 Å². The third-order valence-electron chi connectivity index (χ3n) is 3.54. The lowest BCUT2D eigenvalue weighted by Crippen LogP contribution is -2.21. The normalized spacial score (nSPS) is 12.1. The Labute approximate surface area is 163 Å². The first-order valence-electron chi connectivity index (χ1n) is 7.63. The number of pyridine rings is 1. The summed E-state index contributed by atoms with van der Waals surface area (Å²) in [5, 5.41) is -0.681. The minimum atomic E-state index is -5.13. The minimum absolute atomic E-state index is 0.0903. The summed E-state index contributed by atoms with van der Waals surface area (Å²) in [6.07, 6.45) is -7.46. The second-order valence-electron chi connectivity index (χ2n) is 5.57. The first kappa shape index (κ1) is 20.6. The number of alkyl halides is 6. The number of rotatable bonds is 3. The molecule has 1 aromatic carbocycles. The molecule has 2 heterocycles. The smallest absolute Gasteiger partial charge is 0.437 e. The maximum Gasteiger partial charge on any atom is 0.437 e. The van der Waals surface area contributed by atoms with Gasteiger partial charge in [-0.1, -0.05) is 11.6 Å². The zero-order chi connectivity index (χ0) is 21.4. The van der Waals surface area contributed by atoms with Gasteiger partial charge in [0.2, 0.25) is 5.75 Å². The highest BCUT2D eigenvalue weighted by Crippen LogP contribution is 2.39. The predicted molar refractivity (Wildman–Crippen MR) is 89.6 cm³/mol. The van der Waals surface area contributed by atoms with Crippen molar-refractivity contribution in [1.82, 2.24) is 15.0 Å². The highest BCUT2D eigenvalue weighted by Gasteiger charge is 2.39. The quantitative estimate of drug-likeness (QED) is 0.566. The summed E-state index contributed by atoms with van der Waals surface area (Å²) in [5.41, 5.74) is -4.28. The first-order valence-corrected chi connectivity index (χ1v) is 8.01. The fraction of sp³-hybridized carbons (Fsp3) is 0.118. The lowest BCUT2D eigenvalue weighted by Gasteiger charge is -2.15. The fourth-order valence-corrected chi connectivity index (χ4v) is 2.52. The zero-order valence-corrected chi connectivity index (χ0v) is 14.7. The van der Waals surface area contributed by atoms with Crippen molar-refractivity contribution in [3.63, 3.8) is 0 Å². The summed E-state index contributed by atoms with van der Waals surface area (Å²) in [5.74, 6) is -2.41. The summed E-state index contributed by atoms with van der Waals surface area (Å²) in [4.78, 5) is 21.4. The molecule has 29 heavy (non-hydrogen) atoms. The molecule has 1 N–H and O–H groups in total. The Morgan fingerprint density at radius 3 is 2.34 bits per heavy atom. The molecule has 0 aliphatic heterocycles. The number of aromatic amines is 1. The van der Waals surface area contributed by atoms with Gasteiger partial charge in [0, 0.05) is 18.0 Å². The van der Waals surface area contributed by atoms with Gasteiger partial charge in [0.05, 0.1) is 10.6 Å². The number of aromatic nitrogens is 3. The number of nitrogens with zero attached hydrogens (tertiary/aromatic N) is 2. The summed E-state index contributed by atoms with van der Waals surface area (Å²) < 4.78 is 84.0. The van der Waals surface area contributed by atoms with Crippen molar-refractivity contribution in [1.29, 1.82) is 0 Å². The van der Waals surface area contributed by atoms with E-state index in [-0.39, 0.29) is 5.56 Å². The Hall–Kier alpha value is -3.08. The lowest BCUT2D eigenvalue weighted by atomic mass is 10.2. The van der Waals surface area contributed by atoms with Crippen LogP contribution in [0.15, 0.2) is 47.5 Å². The van der Waals surface area contributed by atoms with Crippen LogP contribution in [0.2, 0.25) is 5.02 Å². The van der Waals surface area contributed by atoms with Crippen LogP contribution in [-0.2, 0) is 12.4 Å². The van der Waals surface area contributed by atoms with E-state index in [1.807, 2.05) is 0 Å². The molecular weight excluding hydrogens is 428 g/mol. The molecule has 3 rings (SSSR count). The van der Waals surface area contributed by atoms with Gasteiger partial charge in [-0.05, 0) is 30.3 Å². The van der Waals surface area contributed by atoms with Crippen molar-refractivity contribution < 1.29 is 31.1 Å². The summed E-state index contributed by atoms with van der Waals surface area (Å²) in [6, 6.07) is 4.85. The van der Waals surface area contributed by atoms with Crippen molar-refractivity contribution in [2.45, 2.75) is 12.4 Å². The van der Waals surface area contributed by atoms with E-state index < -0.39 is 51.5 Å². The predicted octanol–water partition coefficient (Wildman–Crippen LogP) is 5.32. The number of hydrogen-bond donors (Lipinski definition) is 1. The SMILES string of the molecule is O=c1[nH]c(-c2cccnc2)nc(C(F)(F)F)c1Oc1ccc(Cl)c(C(F)(F)F)c1. The van der Waals surface area contributed by atoms with E-state index in [1.165, 1.54) is 24.5 Å². The van der Waals surface area contributed by atoms with E-state index in [0.717, 1.165) is 12.1 Å².